The van der Waals surface area contributed by atoms with Gasteiger partial charge >= 0.3 is 11.9 Å². The lowest BCUT2D eigenvalue weighted by molar-refractivity contribution is -0.174. The van der Waals surface area contributed by atoms with Crippen LogP contribution in [0.2, 0.25) is 0 Å². The van der Waals surface area contributed by atoms with E-state index in [-0.39, 0.29) is 6.42 Å². The number of allylic oxidation sites excluding steroid dienone is 2. The molecule has 0 saturated heterocycles. The van der Waals surface area contributed by atoms with Crippen LogP contribution in [0.15, 0.2) is 24.8 Å². The van der Waals surface area contributed by atoms with Crippen molar-refractivity contribution in [2.75, 3.05) is 0 Å². The number of hydrogen-bond donors (Lipinski definition) is 2. The largest absolute Gasteiger partial charge is 0.480 e. The van der Waals surface area contributed by atoms with Crippen LogP contribution in [-0.2, 0) is 9.59 Å². The summed E-state index contributed by atoms with van der Waals surface area (Å²) in [6.07, 6.45) is 2.18. The fraction of sp³-hybridized carbons (Fsp3) is 0.571. The molecule has 102 valence electrons. The van der Waals surface area contributed by atoms with Gasteiger partial charge in [0.2, 0.25) is 0 Å². The highest BCUT2D eigenvalue weighted by Crippen LogP contribution is 2.50. The van der Waals surface area contributed by atoms with Crippen molar-refractivity contribution < 1.29 is 19.8 Å². The molecule has 0 radical (unpaired) electrons. The van der Waals surface area contributed by atoms with E-state index in [0.717, 1.165) is 0 Å². The minimum atomic E-state index is -1.90. The van der Waals surface area contributed by atoms with Crippen molar-refractivity contribution in [3.8, 4) is 0 Å². The Kier molecular flexibility index (Phi) is 5.33. The molecule has 0 heterocycles. The van der Waals surface area contributed by atoms with Gasteiger partial charge in [-0.25, -0.2) is 0 Å². The third-order valence-corrected chi connectivity index (χ3v) is 3.80. The van der Waals surface area contributed by atoms with Crippen molar-refractivity contribution >= 4 is 11.9 Å². The molecule has 0 fully saturated rings. The Morgan fingerprint density at radius 1 is 1.17 bits per heavy atom. The van der Waals surface area contributed by atoms with E-state index in [9.17, 15) is 19.8 Å². The summed E-state index contributed by atoms with van der Waals surface area (Å²) >= 11 is 0. The van der Waals surface area contributed by atoms with Crippen molar-refractivity contribution in [2.45, 2.75) is 40.0 Å². The Labute approximate surface area is 108 Å². The highest BCUT2D eigenvalue weighted by Gasteiger charge is 2.59. The topological polar surface area (TPSA) is 74.6 Å². The van der Waals surface area contributed by atoms with Gasteiger partial charge in [0.05, 0.1) is 0 Å². The first-order valence-corrected chi connectivity index (χ1v) is 5.98. The van der Waals surface area contributed by atoms with Crippen molar-refractivity contribution in [2.24, 2.45) is 10.8 Å². The second-order valence-corrected chi connectivity index (χ2v) is 4.72. The van der Waals surface area contributed by atoms with Gasteiger partial charge in [0.15, 0.2) is 5.41 Å². The molecule has 0 rings (SSSR count). The number of carboxylic acid groups (broad SMARTS) is 2. The molecule has 18 heavy (non-hydrogen) atoms. The molecule has 0 unspecified atom stereocenters. The summed E-state index contributed by atoms with van der Waals surface area (Å²) in [5.41, 5.74) is -2.35. The Morgan fingerprint density at radius 2 is 1.56 bits per heavy atom. The fourth-order valence-corrected chi connectivity index (χ4v) is 2.61. The summed E-state index contributed by atoms with van der Waals surface area (Å²) in [4.78, 5) is 23.3. The van der Waals surface area contributed by atoms with Crippen LogP contribution in [0.4, 0.5) is 0 Å². The molecular weight excluding hydrogens is 232 g/mol. The van der Waals surface area contributed by atoms with E-state index >= 15 is 0 Å². The molecule has 0 aliphatic heterocycles. The molecule has 4 heteroatoms. The summed E-state index contributed by atoms with van der Waals surface area (Å²) in [6.45, 7) is 12.5. The number of carbonyl (C=O) groups is 2. The zero-order chi connectivity index (χ0) is 14.6. The predicted octanol–water partition coefficient (Wildman–Crippen LogP) is 3.10. The van der Waals surface area contributed by atoms with Crippen molar-refractivity contribution in [1.82, 2.24) is 0 Å². The highest BCUT2D eigenvalue weighted by molar-refractivity contribution is 6.00. The SMILES string of the molecule is C=CC(CC)(CC)C(CC(=C)C)(C(=O)O)C(=O)O. The molecule has 2 N–H and O–H groups in total. The van der Waals surface area contributed by atoms with Crippen LogP contribution in [0.25, 0.3) is 0 Å². The quantitative estimate of drug-likeness (QED) is 0.515. The van der Waals surface area contributed by atoms with Gasteiger partial charge in [0.25, 0.3) is 0 Å². The first kappa shape index (κ1) is 16.4. The average molecular weight is 254 g/mol. The Bertz CT molecular complexity index is 350. The van der Waals surface area contributed by atoms with Crippen molar-refractivity contribution in [3.05, 3.63) is 24.8 Å². The lowest BCUT2D eigenvalue weighted by Gasteiger charge is -2.42. The van der Waals surface area contributed by atoms with Crippen LogP contribution < -0.4 is 0 Å². The number of aliphatic carboxylic acids is 2. The monoisotopic (exact) mass is 254 g/mol. The molecule has 4 nitrogen and oxygen atoms in total. The maximum absolute atomic E-state index is 11.7. The minimum Gasteiger partial charge on any atom is -0.480 e. The van der Waals surface area contributed by atoms with E-state index in [4.69, 9.17) is 0 Å². The minimum absolute atomic E-state index is 0.0919. The normalized spacial score (nSPS) is 11.9. The Balaban J connectivity index is 6.14. The summed E-state index contributed by atoms with van der Waals surface area (Å²) in [7, 11) is 0. The van der Waals surface area contributed by atoms with Crippen LogP contribution in [0.3, 0.4) is 0 Å². The maximum Gasteiger partial charge on any atom is 0.322 e. The van der Waals surface area contributed by atoms with Gasteiger partial charge in [0.1, 0.15) is 0 Å². The molecule has 0 bridgehead atoms. The van der Waals surface area contributed by atoms with E-state index < -0.39 is 22.8 Å². The third kappa shape index (κ3) is 2.33. The molecule has 0 spiro atoms. The molecule has 0 aliphatic carbocycles. The van der Waals surface area contributed by atoms with Gasteiger partial charge in [-0.05, 0) is 26.2 Å². The number of rotatable bonds is 8. The van der Waals surface area contributed by atoms with Crippen LogP contribution >= 0.6 is 0 Å². The Morgan fingerprint density at radius 3 is 1.72 bits per heavy atom. The zero-order valence-electron chi connectivity index (χ0n) is 11.3. The van der Waals surface area contributed by atoms with Crippen molar-refractivity contribution in [3.63, 3.8) is 0 Å². The fourth-order valence-electron chi connectivity index (χ4n) is 2.61. The first-order valence-electron chi connectivity index (χ1n) is 5.98. The van der Waals surface area contributed by atoms with Gasteiger partial charge in [0, 0.05) is 5.41 Å². The maximum atomic E-state index is 11.7. The summed E-state index contributed by atoms with van der Waals surface area (Å²) in [6, 6.07) is 0. The standard InChI is InChI=1S/C14H22O4/c1-6-13(7-2,8-3)14(11(15)16,12(17)18)9-10(4)5/h6H,1,4,7-9H2,2-3,5H3,(H,15,16)(H,17,18). The molecule has 0 amide bonds. The number of hydrogen-bond acceptors (Lipinski definition) is 2. The lowest BCUT2D eigenvalue weighted by Crippen LogP contribution is -2.52. The second kappa shape index (κ2) is 5.85. The van der Waals surface area contributed by atoms with Gasteiger partial charge in [-0.1, -0.05) is 25.5 Å². The molecule has 0 aromatic carbocycles. The number of carboxylic acids is 2. The molecule has 0 atom stereocenters. The molecule has 0 aromatic rings. The zero-order valence-corrected chi connectivity index (χ0v) is 11.3. The van der Waals surface area contributed by atoms with Crippen LogP contribution in [0, 0.1) is 10.8 Å². The lowest BCUT2D eigenvalue weighted by atomic mass is 9.58. The summed E-state index contributed by atoms with van der Waals surface area (Å²) < 4.78 is 0. The van der Waals surface area contributed by atoms with Gasteiger partial charge in [-0.15, -0.1) is 13.2 Å². The molecular formula is C14H22O4. The summed E-state index contributed by atoms with van der Waals surface area (Å²) in [5, 5.41) is 19.0. The second-order valence-electron chi connectivity index (χ2n) is 4.72. The molecule has 0 saturated carbocycles. The van der Waals surface area contributed by atoms with Crippen LogP contribution in [0.5, 0.6) is 0 Å². The van der Waals surface area contributed by atoms with E-state index in [1.165, 1.54) is 6.08 Å². The molecule has 0 aromatic heterocycles. The highest BCUT2D eigenvalue weighted by atomic mass is 16.4. The van der Waals surface area contributed by atoms with Gasteiger partial charge < -0.3 is 10.2 Å². The third-order valence-electron chi connectivity index (χ3n) is 3.80. The molecule has 0 aliphatic rings. The van der Waals surface area contributed by atoms with E-state index in [1.807, 2.05) is 0 Å². The Hall–Kier alpha value is -1.58. The van der Waals surface area contributed by atoms with E-state index in [2.05, 4.69) is 13.2 Å². The van der Waals surface area contributed by atoms with E-state index in [1.54, 1.807) is 20.8 Å². The first-order chi connectivity index (χ1) is 8.24. The van der Waals surface area contributed by atoms with Crippen LogP contribution in [-0.4, -0.2) is 22.2 Å². The predicted molar refractivity (Wildman–Crippen MR) is 70.3 cm³/mol. The van der Waals surface area contributed by atoms with E-state index in [0.29, 0.717) is 18.4 Å². The van der Waals surface area contributed by atoms with Crippen molar-refractivity contribution in [1.29, 1.82) is 0 Å². The summed E-state index contributed by atoms with van der Waals surface area (Å²) in [5.74, 6) is -2.66. The van der Waals surface area contributed by atoms with Crippen LogP contribution in [0.1, 0.15) is 40.0 Å². The smallest absolute Gasteiger partial charge is 0.322 e. The van der Waals surface area contributed by atoms with Gasteiger partial charge in [-0.3, -0.25) is 9.59 Å². The average Bonchev–Trinajstić information content (AvgIpc) is 2.28. The van der Waals surface area contributed by atoms with Gasteiger partial charge in [-0.2, -0.15) is 0 Å².